The zero-order chi connectivity index (χ0) is 32.9. The normalized spacial score (nSPS) is 18.9. The number of carbonyl (C=O) groups is 2. The standard InChI is InChI=1S/C33H44N4O7S/c1-21-15-28(42-6)25(23-11-13-37(29(21)23)31(39)44-32(2,3)4)18-35-14-12-33(19-36(20-33)45(8,40)41)17-27(35)24-10-9-22(30(38)43-7)16-26(24)34-5/h9-11,13,15-16,27,34H,12,14,17-20H2,1-8H3/t27-/m0/s1. The highest BCUT2D eigenvalue weighted by Gasteiger charge is 2.51. The predicted octanol–water partition coefficient (Wildman–Crippen LogP) is 5.17. The highest BCUT2D eigenvalue weighted by Crippen LogP contribution is 2.50. The fraction of sp³-hybridized carbons (Fsp3) is 0.515. The first-order chi connectivity index (χ1) is 21.1. The Kier molecular flexibility index (Phi) is 8.71. The summed E-state index contributed by atoms with van der Waals surface area (Å²) in [5.41, 5.74) is 4.08. The molecule has 11 nitrogen and oxygen atoms in total. The van der Waals surface area contributed by atoms with Gasteiger partial charge in [-0.1, -0.05) is 6.07 Å². The second-order valence-corrected chi connectivity index (χ2v) is 15.3. The number of ether oxygens (including phenoxy) is 3. The molecule has 12 heteroatoms. The lowest BCUT2D eigenvalue weighted by Gasteiger charge is -2.55. The molecular weight excluding hydrogens is 596 g/mol. The molecule has 0 saturated carbocycles. The number of hydrogen-bond donors (Lipinski definition) is 1. The predicted molar refractivity (Wildman–Crippen MR) is 173 cm³/mol. The summed E-state index contributed by atoms with van der Waals surface area (Å²) in [5.74, 6) is 0.307. The maximum Gasteiger partial charge on any atom is 0.419 e. The van der Waals surface area contributed by atoms with Crippen LogP contribution in [0.3, 0.4) is 0 Å². The minimum atomic E-state index is -3.27. The molecule has 2 fully saturated rings. The number of fused-ring (bicyclic) bond motifs is 1. The summed E-state index contributed by atoms with van der Waals surface area (Å²) in [6.45, 7) is 9.70. The summed E-state index contributed by atoms with van der Waals surface area (Å²) in [7, 11) is 1.56. The SMILES string of the molecule is CNc1cc(C(=O)OC)ccc1[C@@H]1CC2(CCN1Cc1c(OC)cc(C)c3c1ccn3C(=O)OC(C)(C)C)CN(S(C)(=O)=O)C2. The smallest absolute Gasteiger partial charge is 0.419 e. The first-order valence-electron chi connectivity index (χ1n) is 15.1. The summed E-state index contributed by atoms with van der Waals surface area (Å²) >= 11 is 0. The van der Waals surface area contributed by atoms with Gasteiger partial charge in [-0.05, 0) is 82.5 Å². The van der Waals surface area contributed by atoms with Gasteiger partial charge in [0.2, 0.25) is 10.0 Å². The molecule has 2 aliphatic heterocycles. The first kappa shape index (κ1) is 32.8. The molecule has 3 aromatic rings. The molecule has 1 N–H and O–H groups in total. The van der Waals surface area contributed by atoms with Gasteiger partial charge >= 0.3 is 12.1 Å². The van der Waals surface area contributed by atoms with Crippen molar-refractivity contribution in [3.8, 4) is 5.75 Å². The van der Waals surface area contributed by atoms with Gasteiger partial charge in [0.1, 0.15) is 11.4 Å². The number of benzene rings is 2. The number of carbonyl (C=O) groups excluding carboxylic acids is 2. The van der Waals surface area contributed by atoms with Crippen LogP contribution >= 0.6 is 0 Å². The molecule has 1 spiro atoms. The van der Waals surface area contributed by atoms with Gasteiger partial charge in [-0.25, -0.2) is 22.3 Å². The van der Waals surface area contributed by atoms with E-state index in [0.717, 1.165) is 58.4 Å². The highest BCUT2D eigenvalue weighted by molar-refractivity contribution is 7.88. The largest absolute Gasteiger partial charge is 0.496 e. The zero-order valence-electron chi connectivity index (χ0n) is 27.4. The Morgan fingerprint density at radius 3 is 2.42 bits per heavy atom. The molecule has 0 bridgehead atoms. The zero-order valence-corrected chi connectivity index (χ0v) is 28.2. The molecular formula is C33H44N4O7S. The average Bonchev–Trinajstić information content (AvgIpc) is 3.41. The van der Waals surface area contributed by atoms with Gasteiger partial charge in [0.15, 0.2) is 0 Å². The number of likely N-dealkylation sites (tertiary alicyclic amines) is 1. The van der Waals surface area contributed by atoms with Crippen LogP contribution in [0, 0.1) is 12.3 Å². The van der Waals surface area contributed by atoms with Gasteiger partial charge in [0.05, 0.1) is 31.6 Å². The van der Waals surface area contributed by atoms with Crippen LogP contribution in [0.4, 0.5) is 10.5 Å². The molecule has 0 aliphatic carbocycles. The van der Waals surface area contributed by atoms with E-state index in [1.54, 1.807) is 34.3 Å². The monoisotopic (exact) mass is 640 g/mol. The van der Waals surface area contributed by atoms with E-state index in [2.05, 4.69) is 10.2 Å². The summed E-state index contributed by atoms with van der Waals surface area (Å²) < 4.78 is 44.2. The lowest BCUT2D eigenvalue weighted by Crippen LogP contribution is -2.61. The van der Waals surface area contributed by atoms with E-state index in [-0.39, 0.29) is 11.5 Å². The van der Waals surface area contributed by atoms with Crippen LogP contribution in [0.2, 0.25) is 0 Å². The summed E-state index contributed by atoms with van der Waals surface area (Å²) in [6.07, 6.45) is 4.13. The highest BCUT2D eigenvalue weighted by atomic mass is 32.2. The van der Waals surface area contributed by atoms with Crippen LogP contribution < -0.4 is 10.1 Å². The van der Waals surface area contributed by atoms with Crippen molar-refractivity contribution in [2.45, 2.75) is 58.7 Å². The van der Waals surface area contributed by atoms with Gasteiger partial charge in [-0.15, -0.1) is 0 Å². The van der Waals surface area contributed by atoms with E-state index in [9.17, 15) is 18.0 Å². The number of anilines is 1. The Labute approximate surface area is 265 Å². The van der Waals surface area contributed by atoms with Crippen molar-refractivity contribution in [2.24, 2.45) is 5.41 Å². The van der Waals surface area contributed by atoms with E-state index >= 15 is 0 Å². The topological polar surface area (TPSA) is 119 Å². The van der Waals surface area contributed by atoms with Crippen LogP contribution in [0.15, 0.2) is 36.5 Å². The third-order valence-electron chi connectivity index (χ3n) is 8.99. The molecule has 1 atom stereocenters. The number of piperidine rings is 1. The summed E-state index contributed by atoms with van der Waals surface area (Å²) in [5, 5.41) is 4.17. The fourth-order valence-electron chi connectivity index (χ4n) is 6.78. The maximum atomic E-state index is 13.2. The van der Waals surface area contributed by atoms with Crippen molar-refractivity contribution in [1.82, 2.24) is 13.8 Å². The number of rotatable bonds is 7. The van der Waals surface area contributed by atoms with Gasteiger partial charge in [0, 0.05) is 61.0 Å². The van der Waals surface area contributed by atoms with Gasteiger partial charge in [-0.3, -0.25) is 9.47 Å². The Balaban J connectivity index is 1.57. The molecule has 5 rings (SSSR count). The number of nitrogens with one attached hydrogen (secondary N) is 1. The van der Waals surface area contributed by atoms with E-state index in [1.165, 1.54) is 13.4 Å². The molecule has 2 saturated heterocycles. The molecule has 244 valence electrons. The van der Waals surface area contributed by atoms with Gasteiger partial charge < -0.3 is 19.5 Å². The number of hydrogen-bond acceptors (Lipinski definition) is 9. The Morgan fingerprint density at radius 2 is 1.82 bits per heavy atom. The van der Waals surface area contributed by atoms with E-state index in [4.69, 9.17) is 14.2 Å². The molecule has 0 radical (unpaired) electrons. The number of sulfonamides is 1. The second kappa shape index (κ2) is 12.0. The average molecular weight is 641 g/mol. The Hall–Kier alpha value is -3.61. The number of aryl methyl sites for hydroxylation is 1. The minimum Gasteiger partial charge on any atom is -0.496 e. The lowest BCUT2D eigenvalue weighted by molar-refractivity contribution is -0.0326. The van der Waals surface area contributed by atoms with Crippen molar-refractivity contribution in [3.63, 3.8) is 0 Å². The van der Waals surface area contributed by atoms with Crippen LogP contribution in [0.1, 0.15) is 66.7 Å². The quantitative estimate of drug-likeness (QED) is 0.349. The minimum absolute atomic E-state index is 0.0939. The number of aromatic nitrogens is 1. The van der Waals surface area contributed by atoms with Crippen molar-refractivity contribution in [2.75, 3.05) is 52.5 Å². The maximum absolute atomic E-state index is 13.2. The molecule has 0 amide bonds. The molecule has 1 aromatic heterocycles. The van der Waals surface area contributed by atoms with E-state index < -0.39 is 27.7 Å². The van der Waals surface area contributed by atoms with Crippen LogP contribution in [0.5, 0.6) is 5.75 Å². The Morgan fingerprint density at radius 1 is 1.11 bits per heavy atom. The lowest BCUT2D eigenvalue weighted by atomic mass is 9.69. The van der Waals surface area contributed by atoms with Gasteiger partial charge in [-0.2, -0.15) is 0 Å². The van der Waals surface area contributed by atoms with Gasteiger partial charge in [0.25, 0.3) is 0 Å². The number of methoxy groups -OCH3 is 2. The Bertz CT molecular complexity index is 1740. The van der Waals surface area contributed by atoms with Crippen molar-refractivity contribution < 1.29 is 32.2 Å². The van der Waals surface area contributed by atoms with Crippen LogP contribution in [-0.2, 0) is 26.0 Å². The van der Waals surface area contributed by atoms with Crippen molar-refractivity contribution in [1.29, 1.82) is 0 Å². The van der Waals surface area contributed by atoms with Crippen molar-refractivity contribution >= 4 is 38.7 Å². The number of nitrogens with zero attached hydrogens (tertiary/aromatic N) is 3. The third-order valence-corrected chi connectivity index (χ3v) is 10.2. The third kappa shape index (κ3) is 6.41. The fourth-order valence-corrected chi connectivity index (χ4v) is 7.80. The first-order valence-corrected chi connectivity index (χ1v) is 16.9. The van der Waals surface area contributed by atoms with Crippen LogP contribution in [-0.4, -0.2) is 87.0 Å². The molecule has 0 unspecified atom stereocenters. The molecule has 2 aromatic carbocycles. The molecule has 3 heterocycles. The van der Waals surface area contributed by atoms with E-state index in [1.807, 2.05) is 52.9 Å². The summed E-state index contributed by atoms with van der Waals surface area (Å²) in [6, 6.07) is 9.34. The second-order valence-electron chi connectivity index (χ2n) is 13.3. The number of esters is 1. The molecule has 45 heavy (non-hydrogen) atoms. The summed E-state index contributed by atoms with van der Waals surface area (Å²) in [4.78, 5) is 27.9. The van der Waals surface area contributed by atoms with E-state index in [0.29, 0.717) is 25.2 Å². The van der Waals surface area contributed by atoms with Crippen LogP contribution in [0.25, 0.3) is 10.9 Å². The van der Waals surface area contributed by atoms with Crippen molar-refractivity contribution in [3.05, 3.63) is 58.8 Å². The molecule has 2 aliphatic rings.